The number of halogens is 2. The van der Waals surface area contributed by atoms with E-state index in [1.807, 2.05) is 13.0 Å². The quantitative estimate of drug-likeness (QED) is 0.190. The van der Waals surface area contributed by atoms with Crippen LogP contribution in [-0.4, -0.2) is 39.0 Å². The third-order valence-corrected chi connectivity index (χ3v) is 5.27. The minimum atomic E-state index is 0.0935. The molecule has 0 aliphatic rings. The molecule has 0 saturated heterocycles. The van der Waals surface area contributed by atoms with Crippen molar-refractivity contribution in [3.8, 4) is 5.75 Å². The summed E-state index contributed by atoms with van der Waals surface area (Å²) in [5, 5.41) is 17.4. The Bertz CT molecular complexity index is 1130. The molecule has 0 bridgehead atoms. The predicted molar refractivity (Wildman–Crippen MR) is 136 cm³/mol. The molecule has 0 saturated carbocycles. The monoisotopic (exact) mass is 487 g/mol. The van der Waals surface area contributed by atoms with Crippen molar-refractivity contribution in [2.75, 3.05) is 23.7 Å². The Hall–Kier alpha value is -3.07. The zero-order valence-electron chi connectivity index (χ0n) is 18.7. The standard InChI is InChI=1S/C23H27Cl2N7O/c1-4-32(5-2)13-15-9-18(6-7-20(15)33)28-21-8-14(3)27-23(30-21)31-22(26)29-19-11-16(24)10-17(25)12-19/h6-12,33H,4-5,13H2,1-3H3,(H4,26,27,28,29,30,31). The van der Waals surface area contributed by atoms with Crippen LogP contribution >= 0.6 is 23.2 Å². The highest BCUT2D eigenvalue weighted by molar-refractivity contribution is 6.35. The summed E-state index contributed by atoms with van der Waals surface area (Å²) in [5.41, 5.74) is 8.96. The van der Waals surface area contributed by atoms with Crippen LogP contribution in [0.15, 0.2) is 47.5 Å². The van der Waals surface area contributed by atoms with Gasteiger partial charge in [-0.1, -0.05) is 37.0 Å². The van der Waals surface area contributed by atoms with E-state index < -0.39 is 0 Å². The normalized spacial score (nSPS) is 11.6. The van der Waals surface area contributed by atoms with Crippen LogP contribution in [0, 0.1) is 6.92 Å². The molecule has 0 unspecified atom stereocenters. The van der Waals surface area contributed by atoms with Gasteiger partial charge in [-0.2, -0.15) is 9.98 Å². The summed E-state index contributed by atoms with van der Waals surface area (Å²) < 4.78 is 0. The second-order valence-electron chi connectivity index (χ2n) is 7.40. The van der Waals surface area contributed by atoms with Crippen molar-refractivity contribution >= 4 is 52.3 Å². The number of aromatic nitrogens is 2. The van der Waals surface area contributed by atoms with Crippen molar-refractivity contribution in [2.24, 2.45) is 10.7 Å². The zero-order chi connectivity index (χ0) is 24.0. The van der Waals surface area contributed by atoms with Crippen LogP contribution < -0.4 is 16.4 Å². The molecule has 0 radical (unpaired) electrons. The van der Waals surface area contributed by atoms with Crippen LogP contribution in [0.1, 0.15) is 25.1 Å². The van der Waals surface area contributed by atoms with Gasteiger partial charge in [0.2, 0.25) is 5.96 Å². The molecule has 3 rings (SSSR count). The number of nitrogens with two attached hydrogens (primary N) is 1. The van der Waals surface area contributed by atoms with E-state index in [1.165, 1.54) is 0 Å². The fourth-order valence-corrected chi connectivity index (χ4v) is 3.73. The van der Waals surface area contributed by atoms with Gasteiger partial charge in [-0.15, -0.1) is 0 Å². The van der Waals surface area contributed by atoms with Gasteiger partial charge in [0.1, 0.15) is 11.6 Å². The lowest BCUT2D eigenvalue weighted by Crippen LogP contribution is -2.22. The lowest BCUT2D eigenvalue weighted by Gasteiger charge is -2.19. The highest BCUT2D eigenvalue weighted by Gasteiger charge is 2.09. The predicted octanol–water partition coefficient (Wildman–Crippen LogP) is 5.44. The van der Waals surface area contributed by atoms with Gasteiger partial charge in [0.25, 0.3) is 5.95 Å². The molecule has 1 aromatic heterocycles. The number of aromatic hydroxyl groups is 1. The Balaban J connectivity index is 1.79. The van der Waals surface area contributed by atoms with Crippen molar-refractivity contribution in [1.82, 2.24) is 14.9 Å². The molecule has 1 heterocycles. The van der Waals surface area contributed by atoms with Crippen LogP contribution in [0.3, 0.4) is 0 Å². The van der Waals surface area contributed by atoms with Crippen LogP contribution in [-0.2, 0) is 6.54 Å². The molecule has 0 amide bonds. The van der Waals surface area contributed by atoms with E-state index in [9.17, 15) is 5.11 Å². The van der Waals surface area contributed by atoms with E-state index in [1.54, 1.807) is 36.4 Å². The molecule has 10 heteroatoms. The van der Waals surface area contributed by atoms with Gasteiger partial charge < -0.3 is 21.5 Å². The van der Waals surface area contributed by atoms with Gasteiger partial charge in [0, 0.05) is 45.3 Å². The molecule has 0 atom stereocenters. The Kier molecular flexibility index (Phi) is 8.32. The van der Waals surface area contributed by atoms with E-state index in [2.05, 4.69) is 44.3 Å². The number of rotatable bonds is 8. The summed E-state index contributed by atoms with van der Waals surface area (Å²) in [6.45, 7) is 8.48. The van der Waals surface area contributed by atoms with Gasteiger partial charge in [-0.25, -0.2) is 4.98 Å². The Labute approximate surface area is 203 Å². The fraction of sp³-hybridized carbons (Fsp3) is 0.261. The average molecular weight is 488 g/mol. The first kappa shape index (κ1) is 24.6. The third kappa shape index (κ3) is 7.21. The molecular formula is C23H27Cl2N7O. The number of hydrogen-bond donors (Lipinski definition) is 4. The Morgan fingerprint density at radius 1 is 1.03 bits per heavy atom. The van der Waals surface area contributed by atoms with E-state index in [-0.39, 0.29) is 17.7 Å². The lowest BCUT2D eigenvalue weighted by molar-refractivity contribution is 0.291. The highest BCUT2D eigenvalue weighted by Crippen LogP contribution is 2.26. The van der Waals surface area contributed by atoms with Crippen molar-refractivity contribution in [3.63, 3.8) is 0 Å². The van der Waals surface area contributed by atoms with E-state index in [4.69, 9.17) is 28.9 Å². The first-order valence-electron chi connectivity index (χ1n) is 10.5. The second kappa shape index (κ2) is 11.2. The molecule has 174 valence electrons. The highest BCUT2D eigenvalue weighted by atomic mass is 35.5. The SMILES string of the molecule is CCN(CC)Cc1cc(Nc2cc(C)nc(N=C(N)Nc3cc(Cl)cc(Cl)c3)n2)ccc1O. The molecule has 0 aliphatic heterocycles. The number of benzene rings is 2. The van der Waals surface area contributed by atoms with Crippen LogP contribution in [0.25, 0.3) is 0 Å². The van der Waals surface area contributed by atoms with Gasteiger partial charge in [-0.3, -0.25) is 4.90 Å². The maximum atomic E-state index is 10.2. The number of phenolic OH excluding ortho intramolecular Hbond substituents is 1. The number of aliphatic imine (C=N–C) groups is 1. The maximum absolute atomic E-state index is 10.2. The number of nitrogens with one attached hydrogen (secondary N) is 2. The van der Waals surface area contributed by atoms with Crippen LogP contribution in [0.5, 0.6) is 5.75 Å². The first-order valence-corrected chi connectivity index (χ1v) is 11.3. The summed E-state index contributed by atoms with van der Waals surface area (Å²) >= 11 is 12.0. The number of aryl methyl sites for hydroxylation is 1. The summed E-state index contributed by atoms with van der Waals surface area (Å²) in [5.74, 6) is 1.10. The first-order chi connectivity index (χ1) is 15.7. The summed E-state index contributed by atoms with van der Waals surface area (Å²) in [6.07, 6.45) is 0. The van der Waals surface area contributed by atoms with Crippen LogP contribution in [0.2, 0.25) is 10.0 Å². The van der Waals surface area contributed by atoms with Crippen molar-refractivity contribution in [1.29, 1.82) is 0 Å². The summed E-state index contributed by atoms with van der Waals surface area (Å²) in [4.78, 5) is 15.2. The Morgan fingerprint density at radius 2 is 1.73 bits per heavy atom. The number of hydrogen-bond acceptors (Lipinski definition) is 6. The molecule has 5 N–H and O–H groups in total. The van der Waals surface area contributed by atoms with Crippen molar-refractivity contribution in [2.45, 2.75) is 27.3 Å². The molecule has 3 aromatic rings. The van der Waals surface area contributed by atoms with Gasteiger partial charge in [0.15, 0.2) is 0 Å². The van der Waals surface area contributed by atoms with E-state index in [0.29, 0.717) is 33.8 Å². The number of anilines is 3. The molecule has 2 aromatic carbocycles. The number of guanidine groups is 1. The maximum Gasteiger partial charge on any atom is 0.254 e. The molecule has 0 spiro atoms. The van der Waals surface area contributed by atoms with Crippen molar-refractivity contribution < 1.29 is 5.11 Å². The topological polar surface area (TPSA) is 112 Å². The number of nitrogens with zero attached hydrogens (tertiary/aromatic N) is 4. The zero-order valence-corrected chi connectivity index (χ0v) is 20.2. The van der Waals surface area contributed by atoms with Gasteiger partial charge in [0.05, 0.1) is 0 Å². The van der Waals surface area contributed by atoms with Gasteiger partial charge in [-0.05, 0) is 56.4 Å². The van der Waals surface area contributed by atoms with Crippen LogP contribution in [0.4, 0.5) is 23.1 Å². The van der Waals surface area contributed by atoms with E-state index >= 15 is 0 Å². The molecule has 0 fully saturated rings. The lowest BCUT2D eigenvalue weighted by atomic mass is 10.1. The summed E-state index contributed by atoms with van der Waals surface area (Å²) in [6, 6.07) is 12.2. The Morgan fingerprint density at radius 3 is 2.39 bits per heavy atom. The average Bonchev–Trinajstić information content (AvgIpc) is 2.72. The minimum absolute atomic E-state index is 0.0935. The largest absolute Gasteiger partial charge is 0.508 e. The van der Waals surface area contributed by atoms with Crippen molar-refractivity contribution in [3.05, 3.63) is 63.8 Å². The number of phenols is 1. The molecule has 0 aliphatic carbocycles. The third-order valence-electron chi connectivity index (χ3n) is 4.84. The fourth-order valence-electron chi connectivity index (χ4n) is 3.20. The smallest absolute Gasteiger partial charge is 0.254 e. The van der Waals surface area contributed by atoms with Gasteiger partial charge >= 0.3 is 0 Å². The molecular weight excluding hydrogens is 461 g/mol. The minimum Gasteiger partial charge on any atom is -0.508 e. The second-order valence-corrected chi connectivity index (χ2v) is 8.28. The van der Waals surface area contributed by atoms with E-state index in [0.717, 1.165) is 24.3 Å². The summed E-state index contributed by atoms with van der Waals surface area (Å²) in [7, 11) is 0. The molecule has 33 heavy (non-hydrogen) atoms. The molecule has 8 nitrogen and oxygen atoms in total.